The zero-order valence-electron chi connectivity index (χ0n) is 23.1. The number of aromatic nitrogens is 1. The average Bonchev–Trinajstić information content (AvgIpc) is 3.28. The summed E-state index contributed by atoms with van der Waals surface area (Å²) in [6.45, 7) is 4.24. The quantitative estimate of drug-likeness (QED) is 0.227. The molecule has 0 bridgehead atoms. The van der Waals surface area contributed by atoms with Gasteiger partial charge in [-0.1, -0.05) is 74.5 Å². The number of amides is 1. The molecule has 41 heavy (non-hydrogen) atoms. The predicted molar refractivity (Wildman–Crippen MR) is 155 cm³/mol. The second-order valence-electron chi connectivity index (χ2n) is 10.4. The fourth-order valence-electron chi connectivity index (χ4n) is 5.19. The van der Waals surface area contributed by atoms with Crippen LogP contribution in [0.2, 0.25) is 0 Å². The maximum absolute atomic E-state index is 14.0. The highest BCUT2D eigenvalue weighted by atomic mass is 19.1. The lowest BCUT2D eigenvalue weighted by molar-refractivity contribution is -0.307. The highest BCUT2D eigenvalue weighted by molar-refractivity contribution is 6.12. The van der Waals surface area contributed by atoms with Crippen molar-refractivity contribution >= 4 is 17.6 Å². The summed E-state index contributed by atoms with van der Waals surface area (Å²) in [5.41, 5.74) is 4.68. The van der Waals surface area contributed by atoms with E-state index >= 15 is 0 Å². The summed E-state index contributed by atoms with van der Waals surface area (Å²) in [6.07, 6.45) is -2.72. The van der Waals surface area contributed by atoms with Gasteiger partial charge in [0.05, 0.1) is 23.5 Å². The number of hydrogen-bond donors (Lipinski definition) is 3. The number of carboxylic acids is 1. The van der Waals surface area contributed by atoms with Gasteiger partial charge in [0, 0.05) is 35.9 Å². The molecule has 8 heteroatoms. The van der Waals surface area contributed by atoms with Crippen molar-refractivity contribution < 1.29 is 29.3 Å². The minimum atomic E-state index is -1.39. The summed E-state index contributed by atoms with van der Waals surface area (Å²) in [5.74, 6) is -2.22. The van der Waals surface area contributed by atoms with Gasteiger partial charge in [0.1, 0.15) is 5.82 Å². The summed E-state index contributed by atoms with van der Waals surface area (Å²) < 4.78 is 16.0. The molecule has 7 nitrogen and oxygen atoms in total. The molecule has 4 rings (SSSR count). The summed E-state index contributed by atoms with van der Waals surface area (Å²) in [7, 11) is 0. The van der Waals surface area contributed by atoms with Crippen LogP contribution in [0, 0.1) is 5.82 Å². The molecule has 0 spiro atoms. The molecule has 1 aromatic heterocycles. The Kier molecular flexibility index (Phi) is 9.70. The molecule has 0 unspecified atom stereocenters. The lowest BCUT2D eigenvalue weighted by Crippen LogP contribution is -2.29. The van der Waals surface area contributed by atoms with E-state index in [4.69, 9.17) is 0 Å². The van der Waals surface area contributed by atoms with Crippen LogP contribution in [0.25, 0.3) is 22.4 Å². The number of nitrogens with zero attached hydrogens (tertiary/aromatic N) is 1. The van der Waals surface area contributed by atoms with E-state index in [-0.39, 0.29) is 31.2 Å². The Morgan fingerprint density at radius 3 is 2.07 bits per heavy atom. The van der Waals surface area contributed by atoms with E-state index in [1.165, 1.54) is 12.1 Å². The molecule has 1 amide bonds. The van der Waals surface area contributed by atoms with Gasteiger partial charge >= 0.3 is 0 Å². The van der Waals surface area contributed by atoms with Crippen LogP contribution in [0.1, 0.15) is 55.1 Å². The van der Waals surface area contributed by atoms with Crippen LogP contribution in [0.15, 0.2) is 84.9 Å². The summed E-state index contributed by atoms with van der Waals surface area (Å²) in [5, 5.41) is 34.6. The monoisotopic (exact) mass is 557 g/mol. The molecule has 4 aromatic rings. The van der Waals surface area contributed by atoms with Gasteiger partial charge < -0.3 is 30.0 Å². The second-order valence-corrected chi connectivity index (χ2v) is 10.4. The number of nitrogens with one attached hydrogen (secondary N) is 1. The minimum Gasteiger partial charge on any atom is -0.550 e. The molecule has 0 saturated carbocycles. The Hall–Kier alpha value is -4.27. The molecule has 0 aliphatic heterocycles. The molecule has 0 radical (unpaired) electrons. The number of carbonyl (C=O) groups is 2. The molecule has 0 saturated heterocycles. The number of anilines is 1. The third-order valence-electron chi connectivity index (χ3n) is 6.92. The molecule has 0 fully saturated rings. The van der Waals surface area contributed by atoms with Crippen LogP contribution in [0.3, 0.4) is 0 Å². The normalized spacial score (nSPS) is 12.7. The van der Waals surface area contributed by atoms with Crippen molar-refractivity contribution in [2.45, 2.75) is 57.8 Å². The van der Waals surface area contributed by atoms with Gasteiger partial charge in [-0.3, -0.25) is 4.79 Å². The first-order valence-electron chi connectivity index (χ1n) is 13.7. The Morgan fingerprint density at radius 1 is 0.878 bits per heavy atom. The van der Waals surface area contributed by atoms with Crippen LogP contribution < -0.4 is 10.4 Å². The van der Waals surface area contributed by atoms with E-state index in [9.17, 15) is 29.3 Å². The lowest BCUT2D eigenvalue weighted by Gasteiger charge is -2.20. The fraction of sp³-hybridized carbons (Fsp3) is 0.273. The molecule has 0 aliphatic rings. The zero-order valence-corrected chi connectivity index (χ0v) is 23.1. The molecule has 3 aromatic carbocycles. The summed E-state index contributed by atoms with van der Waals surface area (Å²) >= 11 is 0. The van der Waals surface area contributed by atoms with E-state index in [1.54, 1.807) is 24.3 Å². The van der Waals surface area contributed by atoms with Gasteiger partial charge in [-0.25, -0.2) is 4.39 Å². The first kappa shape index (κ1) is 29.7. The Balaban J connectivity index is 1.89. The van der Waals surface area contributed by atoms with E-state index in [1.807, 2.05) is 66.9 Å². The van der Waals surface area contributed by atoms with Gasteiger partial charge in [0.25, 0.3) is 5.91 Å². The third kappa shape index (κ3) is 7.28. The van der Waals surface area contributed by atoms with Crippen molar-refractivity contribution in [3.63, 3.8) is 0 Å². The van der Waals surface area contributed by atoms with Crippen molar-refractivity contribution in [2.75, 3.05) is 5.32 Å². The molecule has 3 N–H and O–H groups in total. The number of carbonyl (C=O) groups excluding carboxylic acids is 2. The number of carboxylic acid groups (broad SMARTS) is 1. The number of para-hydroxylation sites is 1. The highest BCUT2D eigenvalue weighted by Crippen LogP contribution is 2.42. The van der Waals surface area contributed by atoms with Crippen LogP contribution in [0.5, 0.6) is 0 Å². The van der Waals surface area contributed by atoms with Gasteiger partial charge in [0.15, 0.2) is 0 Å². The summed E-state index contributed by atoms with van der Waals surface area (Å²) in [4.78, 5) is 24.9. The molecule has 214 valence electrons. The number of aliphatic hydroxyl groups excluding tert-OH is 2. The number of aliphatic carboxylic acids is 1. The van der Waals surface area contributed by atoms with Crippen LogP contribution in [-0.4, -0.2) is 38.9 Å². The smallest absolute Gasteiger partial charge is 0.258 e. The van der Waals surface area contributed by atoms with Crippen LogP contribution >= 0.6 is 0 Å². The van der Waals surface area contributed by atoms with E-state index in [2.05, 4.69) is 5.32 Å². The predicted octanol–water partition coefficient (Wildman–Crippen LogP) is 4.98. The number of benzene rings is 3. The maximum atomic E-state index is 14.0. The highest BCUT2D eigenvalue weighted by Gasteiger charge is 2.30. The number of halogens is 1. The molecule has 2 atom stereocenters. The third-order valence-corrected chi connectivity index (χ3v) is 6.92. The van der Waals surface area contributed by atoms with Crippen LogP contribution in [-0.2, 0) is 11.3 Å². The van der Waals surface area contributed by atoms with Crippen molar-refractivity contribution in [1.82, 2.24) is 4.57 Å². The van der Waals surface area contributed by atoms with E-state index in [0.717, 1.165) is 17.0 Å². The van der Waals surface area contributed by atoms with Crippen molar-refractivity contribution in [3.8, 4) is 22.4 Å². The minimum absolute atomic E-state index is 0.121. The van der Waals surface area contributed by atoms with Crippen molar-refractivity contribution in [1.29, 1.82) is 0 Å². The molecular weight excluding hydrogens is 523 g/mol. The Morgan fingerprint density at radius 2 is 1.49 bits per heavy atom. The molecule has 1 heterocycles. The Bertz CT molecular complexity index is 1470. The fourth-order valence-corrected chi connectivity index (χ4v) is 5.19. The Labute approximate surface area is 238 Å². The number of hydrogen-bond acceptors (Lipinski definition) is 5. The average molecular weight is 558 g/mol. The van der Waals surface area contributed by atoms with E-state index in [0.29, 0.717) is 22.4 Å². The topological polar surface area (TPSA) is 115 Å². The molecule has 0 aliphatic carbocycles. The zero-order chi connectivity index (χ0) is 29.5. The standard InChI is InChI=1S/C33H35FN2O5/c1-21(2)31-30(33(41)35-25-11-7-4-8-12-25)29(22-13-15-24(34)16-14-22)32(23-9-5-3-6-10-23)36(31)18-17-26(37)19-27(38)20-28(39)40/h3-16,21,26-27,37-38H,17-20H2,1-2H3,(H,35,41)(H,39,40)/p-1/t26-,27-/m1/s1. The molecular formula is C33H34FN2O5-. The van der Waals surface area contributed by atoms with Gasteiger partial charge in [-0.05, 0) is 54.2 Å². The van der Waals surface area contributed by atoms with Crippen LogP contribution in [0.4, 0.5) is 10.1 Å². The van der Waals surface area contributed by atoms with Gasteiger partial charge in [0.2, 0.25) is 0 Å². The van der Waals surface area contributed by atoms with Crippen molar-refractivity contribution in [2.24, 2.45) is 0 Å². The second kappa shape index (κ2) is 13.4. The first-order chi connectivity index (χ1) is 19.7. The summed E-state index contributed by atoms with van der Waals surface area (Å²) in [6, 6.07) is 24.7. The first-order valence-corrected chi connectivity index (χ1v) is 13.7. The van der Waals surface area contributed by atoms with Crippen molar-refractivity contribution in [3.05, 3.63) is 102 Å². The maximum Gasteiger partial charge on any atom is 0.258 e. The number of rotatable bonds is 12. The number of aliphatic hydroxyl groups is 2. The largest absolute Gasteiger partial charge is 0.550 e. The van der Waals surface area contributed by atoms with Gasteiger partial charge in [-0.2, -0.15) is 0 Å². The SMILES string of the molecule is CC(C)c1c(C(=O)Nc2ccccc2)c(-c2ccc(F)cc2)c(-c2ccccc2)n1CC[C@@H](O)C[C@@H](O)CC(=O)[O-]. The lowest BCUT2D eigenvalue weighted by atomic mass is 9.94. The van der Waals surface area contributed by atoms with E-state index < -0.39 is 30.4 Å². The van der Waals surface area contributed by atoms with Gasteiger partial charge in [-0.15, -0.1) is 0 Å².